The first-order valence-electron chi connectivity index (χ1n) is 6.74. The first kappa shape index (κ1) is 13.3. The summed E-state index contributed by atoms with van der Waals surface area (Å²) in [6, 6.07) is 14.1. The van der Waals surface area contributed by atoms with E-state index in [1.807, 2.05) is 42.2 Å². The molecule has 3 rings (SSSR count). The van der Waals surface area contributed by atoms with Crippen molar-refractivity contribution in [1.29, 1.82) is 0 Å². The summed E-state index contributed by atoms with van der Waals surface area (Å²) in [5, 5.41) is 0.887. The Morgan fingerprint density at radius 1 is 1.10 bits per heavy atom. The van der Waals surface area contributed by atoms with E-state index in [2.05, 4.69) is 9.97 Å². The van der Waals surface area contributed by atoms with E-state index < -0.39 is 0 Å². The van der Waals surface area contributed by atoms with Crippen LogP contribution in [0.3, 0.4) is 0 Å². The smallest absolute Gasteiger partial charge is 0.222 e. The van der Waals surface area contributed by atoms with E-state index in [0.717, 1.165) is 16.6 Å². The third kappa shape index (κ3) is 2.50. The van der Waals surface area contributed by atoms with E-state index in [1.165, 1.54) is 12.1 Å². The van der Waals surface area contributed by atoms with Gasteiger partial charge in [-0.2, -0.15) is 4.98 Å². The molecule has 4 nitrogen and oxygen atoms in total. The highest BCUT2D eigenvalue weighted by Gasteiger charge is 2.14. The highest BCUT2D eigenvalue weighted by Crippen LogP contribution is 2.30. The average molecular weight is 282 g/mol. The van der Waals surface area contributed by atoms with Gasteiger partial charge in [-0.25, -0.2) is 9.37 Å². The lowest BCUT2D eigenvalue weighted by Gasteiger charge is -2.23. The minimum absolute atomic E-state index is 0.207. The summed E-state index contributed by atoms with van der Waals surface area (Å²) >= 11 is 0. The van der Waals surface area contributed by atoms with Crippen LogP contribution in [-0.4, -0.2) is 16.5 Å². The van der Waals surface area contributed by atoms with Crippen molar-refractivity contribution < 1.29 is 4.39 Å². The molecule has 0 bridgehead atoms. The lowest BCUT2D eigenvalue weighted by Crippen LogP contribution is -2.18. The number of rotatable bonds is 3. The van der Waals surface area contributed by atoms with Gasteiger partial charge in [0.2, 0.25) is 5.95 Å². The number of hydrogen-bond acceptors (Lipinski definition) is 4. The lowest BCUT2D eigenvalue weighted by atomic mass is 10.2. The highest BCUT2D eigenvalue weighted by molar-refractivity contribution is 5.92. The summed E-state index contributed by atoms with van der Waals surface area (Å²) < 4.78 is 13.5. The molecule has 0 spiro atoms. The van der Waals surface area contributed by atoms with Gasteiger partial charge in [-0.1, -0.05) is 18.2 Å². The van der Waals surface area contributed by atoms with Gasteiger partial charge in [-0.05, 0) is 37.3 Å². The molecule has 21 heavy (non-hydrogen) atoms. The van der Waals surface area contributed by atoms with Crippen LogP contribution < -0.4 is 10.6 Å². The maximum Gasteiger partial charge on any atom is 0.222 e. The fraction of sp³-hybridized carbons (Fsp3) is 0.125. The van der Waals surface area contributed by atoms with Gasteiger partial charge in [0.1, 0.15) is 11.6 Å². The number of nitrogen functional groups attached to an aromatic ring is 1. The molecule has 0 radical (unpaired) electrons. The molecule has 0 saturated carbocycles. The molecule has 0 unspecified atom stereocenters. The van der Waals surface area contributed by atoms with Gasteiger partial charge in [-0.3, -0.25) is 0 Å². The van der Waals surface area contributed by atoms with Crippen molar-refractivity contribution in [3.8, 4) is 0 Å². The van der Waals surface area contributed by atoms with Crippen LogP contribution in [0.4, 0.5) is 21.8 Å². The Balaban J connectivity index is 2.21. The fourth-order valence-corrected chi connectivity index (χ4v) is 2.38. The fourth-order valence-electron chi connectivity index (χ4n) is 2.38. The lowest BCUT2D eigenvalue weighted by molar-refractivity contribution is 0.627. The molecule has 0 saturated heterocycles. The Morgan fingerprint density at radius 3 is 2.67 bits per heavy atom. The van der Waals surface area contributed by atoms with Crippen molar-refractivity contribution in [3.63, 3.8) is 0 Å². The molecule has 2 N–H and O–H groups in total. The molecule has 1 heterocycles. The van der Waals surface area contributed by atoms with Crippen LogP contribution in [0.25, 0.3) is 10.9 Å². The molecule has 0 aliphatic rings. The number of benzene rings is 2. The van der Waals surface area contributed by atoms with E-state index in [-0.39, 0.29) is 11.8 Å². The second-order valence-electron chi connectivity index (χ2n) is 4.65. The Morgan fingerprint density at radius 2 is 1.90 bits per heavy atom. The second kappa shape index (κ2) is 5.36. The van der Waals surface area contributed by atoms with Gasteiger partial charge in [0, 0.05) is 17.6 Å². The maximum absolute atomic E-state index is 13.5. The summed E-state index contributed by atoms with van der Waals surface area (Å²) in [6.07, 6.45) is 0. The predicted molar refractivity (Wildman–Crippen MR) is 83.0 cm³/mol. The molecule has 0 atom stereocenters. The molecular weight excluding hydrogens is 267 g/mol. The van der Waals surface area contributed by atoms with Gasteiger partial charge >= 0.3 is 0 Å². The minimum atomic E-state index is -0.280. The van der Waals surface area contributed by atoms with Crippen molar-refractivity contribution >= 4 is 28.4 Å². The summed E-state index contributed by atoms with van der Waals surface area (Å²) in [5.74, 6) is 0.613. The van der Waals surface area contributed by atoms with Crippen molar-refractivity contribution in [2.45, 2.75) is 6.92 Å². The zero-order chi connectivity index (χ0) is 14.8. The number of hydrogen-bond donors (Lipinski definition) is 1. The molecule has 1 aromatic heterocycles. The number of fused-ring (bicyclic) bond motifs is 1. The Kier molecular flexibility index (Phi) is 3.39. The number of anilines is 3. The van der Waals surface area contributed by atoms with Crippen LogP contribution in [0, 0.1) is 5.82 Å². The molecule has 0 fully saturated rings. The largest absolute Gasteiger partial charge is 0.368 e. The van der Waals surface area contributed by atoms with Crippen LogP contribution in [0.5, 0.6) is 0 Å². The summed E-state index contributed by atoms with van der Waals surface area (Å²) in [4.78, 5) is 10.5. The standard InChI is InChI=1S/C16H15FN4/c1-2-21(12-7-5-6-11(17)10-12)15-13-8-3-4-9-14(13)19-16(18)20-15/h3-10H,2H2,1H3,(H2,18,19,20). The molecule has 0 amide bonds. The average Bonchev–Trinajstić information content (AvgIpc) is 2.48. The topological polar surface area (TPSA) is 55.0 Å². The quantitative estimate of drug-likeness (QED) is 0.798. The zero-order valence-electron chi connectivity index (χ0n) is 11.6. The van der Waals surface area contributed by atoms with Crippen molar-refractivity contribution in [1.82, 2.24) is 9.97 Å². The third-order valence-corrected chi connectivity index (χ3v) is 3.29. The Bertz CT molecular complexity index is 788. The third-order valence-electron chi connectivity index (χ3n) is 3.29. The van der Waals surface area contributed by atoms with E-state index >= 15 is 0 Å². The second-order valence-corrected chi connectivity index (χ2v) is 4.65. The molecule has 3 aromatic rings. The zero-order valence-corrected chi connectivity index (χ0v) is 11.6. The van der Waals surface area contributed by atoms with Crippen LogP contribution in [0.1, 0.15) is 6.92 Å². The minimum Gasteiger partial charge on any atom is -0.368 e. The first-order valence-corrected chi connectivity index (χ1v) is 6.74. The Labute approximate surface area is 122 Å². The molecule has 2 aromatic carbocycles. The number of aromatic nitrogens is 2. The summed E-state index contributed by atoms with van der Waals surface area (Å²) in [7, 11) is 0. The Hall–Kier alpha value is -2.69. The monoisotopic (exact) mass is 282 g/mol. The van der Waals surface area contributed by atoms with Crippen molar-refractivity contribution in [2.75, 3.05) is 17.2 Å². The van der Waals surface area contributed by atoms with Gasteiger partial charge in [0.15, 0.2) is 0 Å². The first-order chi connectivity index (χ1) is 10.2. The molecule has 0 aliphatic carbocycles. The van der Waals surface area contributed by atoms with E-state index in [4.69, 9.17) is 5.73 Å². The SMILES string of the molecule is CCN(c1cccc(F)c1)c1nc(N)nc2ccccc12. The van der Waals surface area contributed by atoms with Crippen molar-refractivity contribution in [3.05, 3.63) is 54.3 Å². The van der Waals surface area contributed by atoms with Gasteiger partial charge in [-0.15, -0.1) is 0 Å². The number of nitrogens with two attached hydrogens (primary N) is 1. The number of halogens is 1. The van der Waals surface area contributed by atoms with E-state index in [9.17, 15) is 4.39 Å². The van der Waals surface area contributed by atoms with Crippen LogP contribution in [-0.2, 0) is 0 Å². The summed E-state index contributed by atoms with van der Waals surface area (Å²) in [5.41, 5.74) is 7.31. The van der Waals surface area contributed by atoms with Crippen LogP contribution in [0.2, 0.25) is 0 Å². The number of para-hydroxylation sites is 1. The summed E-state index contributed by atoms with van der Waals surface area (Å²) in [6.45, 7) is 2.63. The highest BCUT2D eigenvalue weighted by atomic mass is 19.1. The number of nitrogens with zero attached hydrogens (tertiary/aromatic N) is 3. The van der Waals surface area contributed by atoms with Gasteiger partial charge in [0.05, 0.1) is 5.52 Å². The van der Waals surface area contributed by atoms with E-state index in [0.29, 0.717) is 12.4 Å². The predicted octanol–water partition coefficient (Wildman–Crippen LogP) is 3.51. The molecule has 0 aliphatic heterocycles. The normalized spacial score (nSPS) is 10.8. The molecule has 106 valence electrons. The molecule has 5 heteroatoms. The maximum atomic E-state index is 13.5. The van der Waals surface area contributed by atoms with Crippen molar-refractivity contribution in [2.24, 2.45) is 0 Å². The van der Waals surface area contributed by atoms with Crippen LogP contribution in [0.15, 0.2) is 48.5 Å². The molecular formula is C16H15FN4. The van der Waals surface area contributed by atoms with E-state index in [1.54, 1.807) is 6.07 Å². The van der Waals surface area contributed by atoms with Gasteiger partial charge < -0.3 is 10.6 Å². The van der Waals surface area contributed by atoms with Gasteiger partial charge in [0.25, 0.3) is 0 Å². The van der Waals surface area contributed by atoms with Crippen LogP contribution >= 0.6 is 0 Å².